The van der Waals surface area contributed by atoms with Crippen LogP contribution >= 0.6 is 27.5 Å². The Morgan fingerprint density at radius 2 is 2.05 bits per heavy atom. The van der Waals surface area contributed by atoms with E-state index in [1.807, 2.05) is 0 Å². The number of hydrogen-bond donors (Lipinski definition) is 2. The van der Waals surface area contributed by atoms with Crippen LogP contribution in [-0.4, -0.2) is 13.0 Å². The van der Waals surface area contributed by atoms with Crippen LogP contribution in [0.15, 0.2) is 40.9 Å². The zero-order chi connectivity index (χ0) is 14.7. The molecule has 2 aromatic rings. The lowest BCUT2D eigenvalue weighted by Gasteiger charge is -2.09. The molecule has 1 amide bonds. The van der Waals surface area contributed by atoms with Crippen LogP contribution in [0.25, 0.3) is 0 Å². The smallest absolute Gasteiger partial charge is 0.255 e. The maximum atomic E-state index is 12.1. The van der Waals surface area contributed by atoms with Crippen LogP contribution in [0.2, 0.25) is 5.02 Å². The number of benzene rings is 2. The highest BCUT2D eigenvalue weighted by Crippen LogP contribution is 2.28. The van der Waals surface area contributed by atoms with Crippen LogP contribution in [0.4, 0.5) is 11.4 Å². The van der Waals surface area contributed by atoms with Crippen LogP contribution < -0.4 is 15.8 Å². The number of carbonyl (C=O) groups is 1. The molecule has 0 spiro atoms. The first-order chi connectivity index (χ1) is 9.51. The first-order valence-electron chi connectivity index (χ1n) is 5.71. The average molecular weight is 356 g/mol. The van der Waals surface area contributed by atoms with Crippen LogP contribution in [0.1, 0.15) is 10.4 Å². The van der Waals surface area contributed by atoms with Gasteiger partial charge < -0.3 is 15.8 Å². The summed E-state index contributed by atoms with van der Waals surface area (Å²) in [7, 11) is 1.58. The van der Waals surface area contributed by atoms with Crippen molar-refractivity contribution in [3.8, 4) is 5.75 Å². The third-order valence-electron chi connectivity index (χ3n) is 2.67. The van der Waals surface area contributed by atoms with Gasteiger partial charge in [-0.25, -0.2) is 0 Å². The molecule has 0 fully saturated rings. The van der Waals surface area contributed by atoms with Gasteiger partial charge in [-0.15, -0.1) is 0 Å². The largest absolute Gasteiger partial charge is 0.496 e. The van der Waals surface area contributed by atoms with E-state index in [9.17, 15) is 4.79 Å². The molecule has 0 aliphatic heterocycles. The summed E-state index contributed by atoms with van der Waals surface area (Å²) in [5.74, 6) is 0.434. The normalized spacial score (nSPS) is 10.2. The Hall–Kier alpha value is -1.72. The van der Waals surface area contributed by atoms with Gasteiger partial charge in [-0.3, -0.25) is 4.79 Å². The predicted molar refractivity (Wildman–Crippen MR) is 84.5 cm³/mol. The minimum absolute atomic E-state index is 0.259. The molecule has 6 heteroatoms. The number of methoxy groups -OCH3 is 1. The number of hydrogen-bond acceptors (Lipinski definition) is 3. The summed E-state index contributed by atoms with van der Waals surface area (Å²) in [6.45, 7) is 0. The lowest BCUT2D eigenvalue weighted by atomic mass is 10.2. The van der Waals surface area contributed by atoms with Gasteiger partial charge in [-0.1, -0.05) is 11.6 Å². The van der Waals surface area contributed by atoms with E-state index in [1.54, 1.807) is 37.4 Å². The number of carbonyl (C=O) groups excluding carboxylic acids is 1. The summed E-state index contributed by atoms with van der Waals surface area (Å²) in [5.41, 5.74) is 7.14. The third kappa shape index (κ3) is 3.23. The molecule has 0 aliphatic carbocycles. The minimum atomic E-state index is -0.259. The van der Waals surface area contributed by atoms with Gasteiger partial charge in [0.05, 0.1) is 22.3 Å². The number of rotatable bonds is 3. The summed E-state index contributed by atoms with van der Waals surface area (Å²) in [4.78, 5) is 12.1. The minimum Gasteiger partial charge on any atom is -0.496 e. The fraction of sp³-hybridized carbons (Fsp3) is 0.0714. The zero-order valence-corrected chi connectivity index (χ0v) is 13.0. The Labute approximate surface area is 130 Å². The molecule has 0 bridgehead atoms. The van der Waals surface area contributed by atoms with Crippen LogP contribution in [-0.2, 0) is 0 Å². The van der Waals surface area contributed by atoms with Gasteiger partial charge in [-0.2, -0.15) is 0 Å². The summed E-state index contributed by atoms with van der Waals surface area (Å²) < 4.78 is 5.89. The van der Waals surface area contributed by atoms with Gasteiger partial charge in [0, 0.05) is 11.3 Å². The predicted octanol–water partition coefficient (Wildman–Crippen LogP) is 3.95. The standard InChI is InChI=1S/C14H12BrClN2O2/c1-20-13-5-3-9(7-10(13)15)18-14(19)8-2-4-11(16)12(17)6-8/h2-7H,17H2,1H3,(H,18,19). The fourth-order valence-corrected chi connectivity index (χ4v) is 2.29. The average Bonchev–Trinajstić information content (AvgIpc) is 2.42. The monoisotopic (exact) mass is 354 g/mol. The van der Waals surface area contributed by atoms with E-state index in [2.05, 4.69) is 21.2 Å². The number of nitrogens with two attached hydrogens (primary N) is 1. The van der Waals surface area contributed by atoms with Crippen molar-refractivity contribution in [2.45, 2.75) is 0 Å². The molecule has 2 rings (SSSR count). The van der Waals surface area contributed by atoms with E-state index in [4.69, 9.17) is 22.1 Å². The number of ether oxygens (including phenoxy) is 1. The molecule has 0 unspecified atom stereocenters. The quantitative estimate of drug-likeness (QED) is 0.820. The highest BCUT2D eigenvalue weighted by molar-refractivity contribution is 9.10. The van der Waals surface area contributed by atoms with Crippen molar-refractivity contribution in [3.05, 3.63) is 51.5 Å². The zero-order valence-electron chi connectivity index (χ0n) is 10.6. The van der Waals surface area contributed by atoms with Gasteiger partial charge in [0.25, 0.3) is 5.91 Å². The van der Waals surface area contributed by atoms with E-state index in [0.717, 1.165) is 4.47 Å². The number of amides is 1. The third-order valence-corrected chi connectivity index (χ3v) is 3.63. The molecule has 104 valence electrons. The molecule has 0 aliphatic rings. The maximum absolute atomic E-state index is 12.1. The molecule has 2 aromatic carbocycles. The highest BCUT2D eigenvalue weighted by atomic mass is 79.9. The SMILES string of the molecule is COc1ccc(NC(=O)c2ccc(Cl)c(N)c2)cc1Br. The van der Waals surface area contributed by atoms with Crippen molar-refractivity contribution < 1.29 is 9.53 Å². The molecule has 0 saturated heterocycles. The van der Waals surface area contributed by atoms with E-state index >= 15 is 0 Å². The highest BCUT2D eigenvalue weighted by Gasteiger charge is 2.09. The second-order valence-corrected chi connectivity index (χ2v) is 5.30. The molecule has 0 radical (unpaired) electrons. The second kappa shape index (κ2) is 6.15. The van der Waals surface area contributed by atoms with E-state index in [1.165, 1.54) is 6.07 Å². The summed E-state index contributed by atoms with van der Waals surface area (Å²) in [6, 6.07) is 10.0. The van der Waals surface area contributed by atoms with Crippen LogP contribution in [0.5, 0.6) is 5.75 Å². The number of anilines is 2. The molecule has 0 atom stereocenters. The van der Waals surface area contributed by atoms with E-state index < -0.39 is 0 Å². The second-order valence-electron chi connectivity index (χ2n) is 4.04. The van der Waals surface area contributed by atoms with Crippen molar-refractivity contribution in [1.82, 2.24) is 0 Å². The van der Waals surface area contributed by atoms with E-state index in [0.29, 0.717) is 27.7 Å². The van der Waals surface area contributed by atoms with Crippen LogP contribution in [0.3, 0.4) is 0 Å². The lowest BCUT2D eigenvalue weighted by Crippen LogP contribution is -2.12. The van der Waals surface area contributed by atoms with Gasteiger partial charge in [0.1, 0.15) is 5.75 Å². The number of nitrogens with one attached hydrogen (secondary N) is 1. The van der Waals surface area contributed by atoms with Gasteiger partial charge in [0.15, 0.2) is 0 Å². The van der Waals surface area contributed by atoms with Gasteiger partial charge >= 0.3 is 0 Å². The van der Waals surface area contributed by atoms with Crippen molar-refractivity contribution >= 4 is 44.8 Å². The molecule has 4 nitrogen and oxygen atoms in total. The lowest BCUT2D eigenvalue weighted by molar-refractivity contribution is 0.102. The first-order valence-corrected chi connectivity index (χ1v) is 6.88. The molecule has 0 saturated carbocycles. The Bertz CT molecular complexity index is 662. The fourth-order valence-electron chi connectivity index (χ4n) is 1.63. The summed E-state index contributed by atoms with van der Waals surface area (Å²) in [5, 5.41) is 3.20. The summed E-state index contributed by atoms with van der Waals surface area (Å²) in [6.07, 6.45) is 0. The Morgan fingerprint density at radius 3 is 2.65 bits per heavy atom. The molecule has 0 heterocycles. The molecule has 20 heavy (non-hydrogen) atoms. The maximum Gasteiger partial charge on any atom is 0.255 e. The van der Waals surface area contributed by atoms with Crippen molar-refractivity contribution in [1.29, 1.82) is 0 Å². The molecular weight excluding hydrogens is 344 g/mol. The van der Waals surface area contributed by atoms with Crippen LogP contribution in [0, 0.1) is 0 Å². The molecule has 3 N–H and O–H groups in total. The Balaban J connectivity index is 2.19. The first kappa shape index (κ1) is 14.7. The molecular formula is C14H12BrClN2O2. The van der Waals surface area contributed by atoms with Gasteiger partial charge in [-0.05, 0) is 52.3 Å². The van der Waals surface area contributed by atoms with Gasteiger partial charge in [0.2, 0.25) is 0 Å². The summed E-state index contributed by atoms with van der Waals surface area (Å²) >= 11 is 9.18. The van der Waals surface area contributed by atoms with Crippen molar-refractivity contribution in [2.24, 2.45) is 0 Å². The molecule has 0 aromatic heterocycles. The number of halogens is 2. The number of nitrogen functional groups attached to an aromatic ring is 1. The van der Waals surface area contributed by atoms with Crippen molar-refractivity contribution in [3.63, 3.8) is 0 Å². The Kier molecular flexibility index (Phi) is 4.52. The topological polar surface area (TPSA) is 64.3 Å². The van der Waals surface area contributed by atoms with E-state index in [-0.39, 0.29) is 5.91 Å². The Morgan fingerprint density at radius 1 is 1.30 bits per heavy atom. The van der Waals surface area contributed by atoms with Crippen molar-refractivity contribution in [2.75, 3.05) is 18.2 Å².